The standard InChI is InChI=1S/C35H26N2S/c1-35(2)28-10-4-6-12-30(28)37(31-13-7-5-11-29(31)35)25-17-15-24(16-18-25)36-20-19-23-21-27-26-9-3-8-14-33(26)38-34(27)22-32(23)36/h3-22H,1-2H3. The highest BCUT2D eigenvalue weighted by Crippen LogP contribution is 2.51. The van der Waals surface area contributed by atoms with E-state index in [0.717, 1.165) is 0 Å². The van der Waals surface area contributed by atoms with E-state index in [-0.39, 0.29) is 5.41 Å². The Bertz CT molecular complexity index is 1960. The van der Waals surface area contributed by atoms with Gasteiger partial charge in [-0.05, 0) is 71.8 Å². The molecule has 0 amide bonds. The van der Waals surface area contributed by atoms with Crippen LogP contribution >= 0.6 is 11.3 Å². The van der Waals surface area contributed by atoms with Gasteiger partial charge in [0.2, 0.25) is 0 Å². The van der Waals surface area contributed by atoms with Gasteiger partial charge in [0.05, 0.1) is 16.9 Å². The normalized spacial score (nSPS) is 14.2. The Hall–Kier alpha value is -4.34. The Morgan fingerprint density at radius 3 is 1.95 bits per heavy atom. The van der Waals surface area contributed by atoms with Crippen LogP contribution in [0, 0.1) is 0 Å². The first-order chi connectivity index (χ1) is 18.6. The quantitative estimate of drug-likeness (QED) is 0.226. The van der Waals surface area contributed by atoms with Crippen molar-refractivity contribution >= 4 is 59.5 Å². The zero-order valence-electron chi connectivity index (χ0n) is 21.3. The van der Waals surface area contributed by atoms with Gasteiger partial charge in [-0.3, -0.25) is 0 Å². The van der Waals surface area contributed by atoms with Gasteiger partial charge in [0, 0.05) is 48.5 Å². The number of thiophene rings is 1. The molecule has 0 saturated carbocycles. The fraction of sp³-hybridized carbons (Fsp3) is 0.0857. The monoisotopic (exact) mass is 506 g/mol. The highest BCUT2D eigenvalue weighted by Gasteiger charge is 2.36. The number of hydrogen-bond acceptors (Lipinski definition) is 2. The molecule has 0 bridgehead atoms. The molecule has 8 rings (SSSR count). The maximum atomic E-state index is 2.41. The Balaban J connectivity index is 1.25. The second kappa shape index (κ2) is 7.83. The Morgan fingerprint density at radius 2 is 1.21 bits per heavy atom. The summed E-state index contributed by atoms with van der Waals surface area (Å²) < 4.78 is 4.99. The summed E-state index contributed by atoms with van der Waals surface area (Å²) in [6.07, 6.45) is 2.19. The van der Waals surface area contributed by atoms with Gasteiger partial charge in [-0.25, -0.2) is 0 Å². The summed E-state index contributed by atoms with van der Waals surface area (Å²) in [6.45, 7) is 4.66. The highest BCUT2D eigenvalue weighted by atomic mass is 32.1. The molecule has 0 aliphatic carbocycles. The van der Waals surface area contributed by atoms with Crippen LogP contribution in [0.4, 0.5) is 17.1 Å². The van der Waals surface area contributed by atoms with E-state index >= 15 is 0 Å². The molecule has 38 heavy (non-hydrogen) atoms. The summed E-state index contributed by atoms with van der Waals surface area (Å²) in [5, 5.41) is 3.96. The third-order valence-corrected chi connectivity index (χ3v) is 9.34. The predicted octanol–water partition coefficient (Wildman–Crippen LogP) is 10.1. The van der Waals surface area contributed by atoms with Crippen molar-refractivity contribution in [3.63, 3.8) is 0 Å². The maximum Gasteiger partial charge on any atom is 0.0542 e. The van der Waals surface area contributed by atoms with Crippen molar-refractivity contribution in [2.24, 2.45) is 0 Å². The van der Waals surface area contributed by atoms with E-state index in [1.165, 1.54) is 65.0 Å². The van der Waals surface area contributed by atoms with Crippen LogP contribution in [0.25, 0.3) is 36.8 Å². The smallest absolute Gasteiger partial charge is 0.0542 e. The summed E-state index contributed by atoms with van der Waals surface area (Å²) in [4.78, 5) is 2.41. The van der Waals surface area contributed by atoms with Crippen LogP contribution in [-0.2, 0) is 5.41 Å². The summed E-state index contributed by atoms with van der Waals surface area (Å²) >= 11 is 1.87. The fourth-order valence-corrected chi connectivity index (χ4v) is 7.41. The van der Waals surface area contributed by atoms with Crippen LogP contribution in [0.15, 0.2) is 121 Å². The molecule has 7 aromatic rings. The molecule has 0 spiro atoms. The van der Waals surface area contributed by atoms with Crippen molar-refractivity contribution in [1.82, 2.24) is 4.57 Å². The van der Waals surface area contributed by atoms with Crippen LogP contribution in [0.2, 0.25) is 0 Å². The van der Waals surface area contributed by atoms with Crippen LogP contribution in [0.1, 0.15) is 25.0 Å². The van der Waals surface area contributed by atoms with Gasteiger partial charge in [-0.15, -0.1) is 11.3 Å². The molecule has 0 fully saturated rings. The lowest BCUT2D eigenvalue weighted by Gasteiger charge is -2.42. The fourth-order valence-electron chi connectivity index (χ4n) is 6.29. The van der Waals surface area contributed by atoms with Crippen molar-refractivity contribution < 1.29 is 0 Å². The Morgan fingerprint density at radius 1 is 0.579 bits per heavy atom. The zero-order chi connectivity index (χ0) is 25.4. The molecule has 0 radical (unpaired) electrons. The van der Waals surface area contributed by atoms with Gasteiger partial charge in [0.25, 0.3) is 0 Å². The summed E-state index contributed by atoms with van der Waals surface area (Å²) in [7, 11) is 0. The van der Waals surface area contributed by atoms with Crippen LogP contribution in [-0.4, -0.2) is 4.57 Å². The lowest BCUT2D eigenvalue weighted by Crippen LogP contribution is -2.30. The molecule has 3 heteroatoms. The van der Waals surface area contributed by atoms with E-state index in [4.69, 9.17) is 0 Å². The Kier molecular flexibility index (Phi) is 4.48. The second-order valence-electron chi connectivity index (χ2n) is 10.7. The van der Waals surface area contributed by atoms with E-state index in [9.17, 15) is 0 Å². The van der Waals surface area contributed by atoms with Gasteiger partial charge >= 0.3 is 0 Å². The summed E-state index contributed by atoms with van der Waals surface area (Å²) in [6, 6.07) is 42.3. The van der Waals surface area contributed by atoms with E-state index in [0.29, 0.717) is 0 Å². The number of aromatic nitrogens is 1. The molecule has 0 saturated heterocycles. The van der Waals surface area contributed by atoms with Gasteiger partial charge in [-0.2, -0.15) is 0 Å². The number of nitrogens with zero attached hydrogens (tertiary/aromatic N) is 2. The number of benzene rings is 5. The maximum absolute atomic E-state index is 2.41. The van der Waals surface area contributed by atoms with Gasteiger partial charge in [0.1, 0.15) is 0 Å². The first-order valence-corrected chi connectivity index (χ1v) is 13.9. The minimum absolute atomic E-state index is 0.0500. The average molecular weight is 507 g/mol. The predicted molar refractivity (Wildman–Crippen MR) is 163 cm³/mol. The van der Waals surface area contributed by atoms with Crippen molar-refractivity contribution in [3.8, 4) is 5.69 Å². The third kappa shape index (κ3) is 3.00. The number of para-hydroxylation sites is 2. The summed E-state index contributed by atoms with van der Waals surface area (Å²) in [5.41, 5.74) is 8.75. The van der Waals surface area contributed by atoms with Crippen LogP contribution in [0.5, 0.6) is 0 Å². The van der Waals surface area contributed by atoms with E-state index < -0.39 is 0 Å². The Labute approximate surface area is 226 Å². The molecule has 0 N–H and O–H groups in total. The molecule has 2 nitrogen and oxygen atoms in total. The third-order valence-electron chi connectivity index (χ3n) is 8.21. The molecule has 182 valence electrons. The van der Waals surface area contributed by atoms with Crippen molar-refractivity contribution in [1.29, 1.82) is 0 Å². The molecule has 1 aliphatic heterocycles. The van der Waals surface area contributed by atoms with Crippen molar-refractivity contribution in [2.75, 3.05) is 4.90 Å². The topological polar surface area (TPSA) is 8.17 Å². The molecule has 0 unspecified atom stereocenters. The van der Waals surface area contributed by atoms with E-state index in [2.05, 4.69) is 145 Å². The van der Waals surface area contributed by atoms with Crippen LogP contribution < -0.4 is 4.90 Å². The number of hydrogen-bond donors (Lipinski definition) is 0. The molecular formula is C35H26N2S. The van der Waals surface area contributed by atoms with Crippen molar-refractivity contribution in [2.45, 2.75) is 19.3 Å². The second-order valence-corrected chi connectivity index (χ2v) is 11.8. The zero-order valence-corrected chi connectivity index (χ0v) is 22.2. The van der Waals surface area contributed by atoms with Gasteiger partial charge in [-0.1, -0.05) is 68.4 Å². The molecule has 2 aromatic heterocycles. The lowest BCUT2D eigenvalue weighted by atomic mass is 9.73. The SMILES string of the molecule is CC1(C)c2ccccc2N(c2ccc(-n3ccc4cc5c(cc43)sc3ccccc35)cc2)c2ccccc21. The molecule has 3 heterocycles. The largest absolute Gasteiger partial charge is 0.317 e. The molecule has 5 aromatic carbocycles. The van der Waals surface area contributed by atoms with E-state index in [1.807, 2.05) is 11.3 Å². The minimum atomic E-state index is -0.0500. The average Bonchev–Trinajstić information content (AvgIpc) is 3.53. The first kappa shape index (κ1) is 21.7. The lowest BCUT2D eigenvalue weighted by molar-refractivity contribution is 0.632. The molecule has 0 atom stereocenters. The number of anilines is 3. The molecule has 1 aliphatic rings. The first-order valence-electron chi connectivity index (χ1n) is 13.1. The van der Waals surface area contributed by atoms with Gasteiger partial charge < -0.3 is 9.47 Å². The van der Waals surface area contributed by atoms with Crippen LogP contribution in [0.3, 0.4) is 0 Å². The number of fused-ring (bicyclic) bond motifs is 6. The highest BCUT2D eigenvalue weighted by molar-refractivity contribution is 7.25. The minimum Gasteiger partial charge on any atom is -0.317 e. The summed E-state index contributed by atoms with van der Waals surface area (Å²) in [5.74, 6) is 0. The van der Waals surface area contributed by atoms with E-state index in [1.54, 1.807) is 0 Å². The van der Waals surface area contributed by atoms with Gasteiger partial charge in [0.15, 0.2) is 0 Å². The molecular weight excluding hydrogens is 480 g/mol. The van der Waals surface area contributed by atoms with Crippen molar-refractivity contribution in [3.05, 3.63) is 133 Å². The number of rotatable bonds is 2.